The molecule has 1 saturated heterocycles. The van der Waals surface area contributed by atoms with E-state index in [1.807, 2.05) is 34.4 Å². The van der Waals surface area contributed by atoms with Crippen LogP contribution in [0.25, 0.3) is 22.3 Å². The van der Waals surface area contributed by atoms with Crippen molar-refractivity contribution in [2.45, 2.75) is 30.3 Å². The van der Waals surface area contributed by atoms with Crippen molar-refractivity contribution in [2.75, 3.05) is 26.6 Å². The number of hydrogen-bond donors (Lipinski definition) is 1. The van der Waals surface area contributed by atoms with Crippen LogP contribution >= 0.6 is 0 Å². The highest BCUT2D eigenvalue weighted by Crippen LogP contribution is 2.38. The van der Waals surface area contributed by atoms with E-state index in [4.69, 9.17) is 4.74 Å². The summed E-state index contributed by atoms with van der Waals surface area (Å²) in [6.07, 6.45) is 1.91. The maximum atomic E-state index is 12.8. The van der Waals surface area contributed by atoms with E-state index >= 15 is 0 Å². The van der Waals surface area contributed by atoms with Crippen LogP contribution in [0.15, 0.2) is 41.4 Å². The first-order valence-electron chi connectivity index (χ1n) is 10.1. The van der Waals surface area contributed by atoms with Crippen molar-refractivity contribution in [2.24, 2.45) is 0 Å². The van der Waals surface area contributed by atoms with Crippen LogP contribution in [-0.2, 0) is 14.8 Å². The van der Waals surface area contributed by atoms with E-state index in [-0.39, 0.29) is 10.9 Å². The number of nitrogens with zero attached hydrogens (tertiary/aromatic N) is 3. The number of nitriles is 1. The molecule has 2 aromatic heterocycles. The molecular formula is C22H22F2N4O3S. The van der Waals surface area contributed by atoms with Gasteiger partial charge < -0.3 is 9.30 Å². The summed E-state index contributed by atoms with van der Waals surface area (Å²) in [6, 6.07) is 9.50. The summed E-state index contributed by atoms with van der Waals surface area (Å²) in [5.74, 6) is 0. The molecule has 1 aliphatic heterocycles. The summed E-state index contributed by atoms with van der Waals surface area (Å²) in [4.78, 5) is 4.10. The molecule has 0 saturated carbocycles. The molecule has 0 spiro atoms. The van der Waals surface area contributed by atoms with E-state index in [1.54, 1.807) is 0 Å². The molecule has 4 rings (SSSR count). The van der Waals surface area contributed by atoms with Gasteiger partial charge in [0.1, 0.15) is 24.3 Å². The number of pyridine rings is 1. The Morgan fingerprint density at radius 2 is 2.09 bits per heavy atom. The molecule has 0 bridgehead atoms. The number of rotatable bonds is 7. The van der Waals surface area contributed by atoms with Crippen LogP contribution in [0.4, 0.5) is 8.78 Å². The lowest BCUT2D eigenvalue weighted by molar-refractivity contribution is 0.187. The van der Waals surface area contributed by atoms with Gasteiger partial charge in [0, 0.05) is 18.2 Å². The minimum Gasteiger partial charge on any atom is -0.379 e. The fourth-order valence-corrected chi connectivity index (χ4v) is 5.10. The second kappa shape index (κ2) is 8.94. The summed E-state index contributed by atoms with van der Waals surface area (Å²) < 4.78 is 60.0. The lowest BCUT2D eigenvalue weighted by atomic mass is 10.1. The zero-order chi connectivity index (χ0) is 22.9. The van der Waals surface area contributed by atoms with E-state index < -0.39 is 29.4 Å². The fourth-order valence-electron chi connectivity index (χ4n) is 3.96. The van der Waals surface area contributed by atoms with Crippen LogP contribution in [0.5, 0.6) is 0 Å². The number of halogens is 2. The van der Waals surface area contributed by atoms with Crippen LogP contribution in [0.2, 0.25) is 0 Å². The molecule has 10 heteroatoms. The quantitative estimate of drug-likeness (QED) is 0.583. The molecule has 7 nitrogen and oxygen atoms in total. The third-order valence-corrected chi connectivity index (χ3v) is 7.03. The number of ether oxygens (including phenoxy) is 1. The van der Waals surface area contributed by atoms with Crippen LogP contribution < -0.4 is 4.72 Å². The van der Waals surface area contributed by atoms with Crippen molar-refractivity contribution < 1.29 is 21.9 Å². The van der Waals surface area contributed by atoms with Gasteiger partial charge in [-0.1, -0.05) is 12.1 Å². The molecule has 0 amide bonds. The minimum absolute atomic E-state index is 0.0122. The Hall–Kier alpha value is -2.87. The molecule has 1 aliphatic rings. The van der Waals surface area contributed by atoms with Gasteiger partial charge >= 0.3 is 0 Å². The van der Waals surface area contributed by atoms with Crippen molar-refractivity contribution in [3.05, 3.63) is 47.7 Å². The molecule has 168 valence electrons. The van der Waals surface area contributed by atoms with Crippen molar-refractivity contribution in [1.82, 2.24) is 14.3 Å². The van der Waals surface area contributed by atoms with Crippen molar-refractivity contribution in [3.8, 4) is 17.5 Å². The zero-order valence-electron chi connectivity index (χ0n) is 17.4. The average Bonchev–Trinajstić information content (AvgIpc) is 3.42. The topological polar surface area (TPSA) is 97.0 Å². The van der Waals surface area contributed by atoms with Crippen molar-refractivity contribution in [1.29, 1.82) is 5.26 Å². The Bertz CT molecular complexity index is 1270. The molecule has 1 N–H and O–H groups in total. The van der Waals surface area contributed by atoms with E-state index in [9.17, 15) is 22.5 Å². The summed E-state index contributed by atoms with van der Waals surface area (Å²) in [5, 5.41) is 10.7. The molecule has 1 aromatic carbocycles. The van der Waals surface area contributed by atoms with Gasteiger partial charge in [0.15, 0.2) is 0 Å². The second-order valence-electron chi connectivity index (χ2n) is 7.75. The first kappa shape index (κ1) is 22.3. The Morgan fingerprint density at radius 1 is 1.31 bits per heavy atom. The van der Waals surface area contributed by atoms with Gasteiger partial charge in [-0.05, 0) is 37.1 Å². The van der Waals surface area contributed by atoms with E-state index in [0.717, 1.165) is 29.1 Å². The van der Waals surface area contributed by atoms with Gasteiger partial charge in [0.25, 0.3) is 0 Å². The maximum Gasteiger partial charge on any atom is 0.242 e. The Balaban J connectivity index is 1.83. The molecular weight excluding hydrogens is 438 g/mol. The van der Waals surface area contributed by atoms with Crippen molar-refractivity contribution >= 4 is 20.9 Å². The first-order chi connectivity index (χ1) is 15.4. The second-order valence-corrected chi connectivity index (χ2v) is 9.46. The highest BCUT2D eigenvalue weighted by Gasteiger charge is 2.28. The number of hydrogen-bond acceptors (Lipinski definition) is 5. The summed E-state index contributed by atoms with van der Waals surface area (Å²) in [7, 11) is -4.14. The number of nitrogens with one attached hydrogen (secondary N) is 1. The summed E-state index contributed by atoms with van der Waals surface area (Å²) in [5.41, 5.74) is 3.39. The Labute approximate surface area is 184 Å². The molecule has 3 heterocycles. The van der Waals surface area contributed by atoms with E-state index in [2.05, 4.69) is 11.1 Å². The average molecular weight is 461 g/mol. The molecule has 1 atom stereocenters. The zero-order valence-corrected chi connectivity index (χ0v) is 18.2. The number of aryl methyl sites for hydroxylation is 1. The Morgan fingerprint density at radius 3 is 2.69 bits per heavy atom. The third-order valence-electron chi connectivity index (χ3n) is 5.53. The molecule has 0 unspecified atom stereocenters. The summed E-state index contributed by atoms with van der Waals surface area (Å²) >= 11 is 0. The number of sulfonamides is 1. The number of benzene rings is 1. The van der Waals surface area contributed by atoms with Crippen LogP contribution in [-0.4, -0.2) is 50.6 Å². The number of fused-ring (bicyclic) bond motifs is 1. The largest absolute Gasteiger partial charge is 0.379 e. The van der Waals surface area contributed by atoms with E-state index in [0.29, 0.717) is 30.2 Å². The summed E-state index contributed by atoms with van der Waals surface area (Å²) in [6.45, 7) is 0.768. The molecule has 3 aromatic rings. The highest BCUT2D eigenvalue weighted by molar-refractivity contribution is 7.89. The normalized spacial score (nSPS) is 16.7. The van der Waals surface area contributed by atoms with Gasteiger partial charge in [0.05, 0.1) is 41.2 Å². The van der Waals surface area contributed by atoms with Gasteiger partial charge in [-0.25, -0.2) is 21.9 Å². The highest BCUT2D eigenvalue weighted by atomic mass is 32.2. The minimum atomic E-state index is -4.14. The fraction of sp³-hybridized carbons (Fsp3) is 0.364. The van der Waals surface area contributed by atoms with Crippen molar-refractivity contribution in [3.63, 3.8) is 0 Å². The van der Waals surface area contributed by atoms with Gasteiger partial charge in [-0.2, -0.15) is 5.26 Å². The van der Waals surface area contributed by atoms with Crippen LogP contribution in [0.1, 0.15) is 23.6 Å². The SMILES string of the molecule is Cc1ccc2c(C#N)c(-c3ccc(S(=O)(=O)NC(CF)CF)cn3)n([C@@H]3CCOC3)c2c1. The standard InChI is InChI=1S/C22H22F2N4O3S/c1-14-2-4-18-19(11-25)22(28(21(18)8-14)16-6-7-31-13-16)20-5-3-17(12-26-20)32(29,30)27-15(9-23)10-24/h2-5,8,12,15-16,27H,6-7,9-10,13H2,1H3/t16-/m1/s1. The molecule has 0 radical (unpaired) electrons. The van der Waals surface area contributed by atoms with Gasteiger partial charge in [0.2, 0.25) is 10.0 Å². The van der Waals surface area contributed by atoms with Gasteiger partial charge in [-0.3, -0.25) is 4.98 Å². The molecule has 0 aliphatic carbocycles. The lowest BCUT2D eigenvalue weighted by Gasteiger charge is -2.17. The molecule has 32 heavy (non-hydrogen) atoms. The maximum absolute atomic E-state index is 12.8. The first-order valence-corrected chi connectivity index (χ1v) is 11.6. The predicted molar refractivity (Wildman–Crippen MR) is 115 cm³/mol. The number of alkyl halides is 2. The monoisotopic (exact) mass is 460 g/mol. The number of aromatic nitrogens is 2. The smallest absolute Gasteiger partial charge is 0.242 e. The lowest BCUT2D eigenvalue weighted by Crippen LogP contribution is -2.37. The van der Waals surface area contributed by atoms with E-state index in [1.165, 1.54) is 12.1 Å². The third kappa shape index (κ3) is 3.99. The van der Waals surface area contributed by atoms with Crippen LogP contribution in [0, 0.1) is 18.3 Å². The molecule has 1 fully saturated rings. The Kier molecular flexibility index (Phi) is 6.24. The van der Waals surface area contributed by atoms with Gasteiger partial charge in [-0.15, -0.1) is 0 Å². The van der Waals surface area contributed by atoms with Crippen LogP contribution in [0.3, 0.4) is 0 Å². The predicted octanol–water partition coefficient (Wildman–Crippen LogP) is 3.43.